The van der Waals surface area contributed by atoms with E-state index in [0.29, 0.717) is 0 Å². The summed E-state index contributed by atoms with van der Waals surface area (Å²) in [5.41, 5.74) is 0. The molecule has 2 N–H and O–H groups in total. The van der Waals surface area contributed by atoms with E-state index in [4.69, 9.17) is 0 Å². The van der Waals surface area contributed by atoms with Crippen LogP contribution in [0.15, 0.2) is 0 Å². The van der Waals surface area contributed by atoms with Crippen molar-refractivity contribution in [2.45, 2.75) is 51.1 Å². The van der Waals surface area contributed by atoms with Crippen LogP contribution < -0.4 is 10.6 Å². The molecule has 3 atom stereocenters. The van der Waals surface area contributed by atoms with Gasteiger partial charge in [0.15, 0.2) is 0 Å². The van der Waals surface area contributed by atoms with Crippen molar-refractivity contribution >= 4 is 0 Å². The first-order valence-electron chi connectivity index (χ1n) is 5.83. The van der Waals surface area contributed by atoms with Gasteiger partial charge in [-0.15, -0.1) is 0 Å². The van der Waals surface area contributed by atoms with E-state index in [1.165, 1.54) is 45.2 Å². The van der Waals surface area contributed by atoms with Crippen molar-refractivity contribution in [3.8, 4) is 0 Å². The van der Waals surface area contributed by atoms with Gasteiger partial charge in [0, 0.05) is 12.1 Å². The minimum absolute atomic E-state index is 0.738. The molecular formula is C11H22N2. The highest BCUT2D eigenvalue weighted by Crippen LogP contribution is 2.24. The molecule has 3 unspecified atom stereocenters. The molecule has 2 heteroatoms. The second-order valence-electron chi connectivity index (χ2n) is 4.70. The zero-order valence-electron chi connectivity index (χ0n) is 8.68. The lowest BCUT2D eigenvalue weighted by molar-refractivity contribution is 0.218. The minimum atomic E-state index is 0.738. The summed E-state index contributed by atoms with van der Waals surface area (Å²) < 4.78 is 0. The van der Waals surface area contributed by atoms with Gasteiger partial charge in [-0.1, -0.05) is 6.42 Å². The maximum absolute atomic E-state index is 3.68. The normalized spacial score (nSPS) is 41.8. The monoisotopic (exact) mass is 182 g/mol. The van der Waals surface area contributed by atoms with Gasteiger partial charge in [0.25, 0.3) is 0 Å². The van der Waals surface area contributed by atoms with Gasteiger partial charge >= 0.3 is 0 Å². The highest BCUT2D eigenvalue weighted by molar-refractivity contribution is 4.85. The van der Waals surface area contributed by atoms with Gasteiger partial charge in [-0.3, -0.25) is 0 Å². The Labute approximate surface area is 81.5 Å². The van der Waals surface area contributed by atoms with E-state index in [9.17, 15) is 0 Å². The molecule has 13 heavy (non-hydrogen) atoms. The molecule has 0 bridgehead atoms. The summed E-state index contributed by atoms with van der Waals surface area (Å²) in [6.45, 7) is 4.79. The van der Waals surface area contributed by atoms with Crippen molar-refractivity contribution in [3.05, 3.63) is 0 Å². The number of rotatable bonds is 1. The zero-order chi connectivity index (χ0) is 9.10. The lowest BCUT2D eigenvalue weighted by Crippen LogP contribution is -2.46. The molecule has 0 spiro atoms. The summed E-state index contributed by atoms with van der Waals surface area (Å²) in [6, 6.07) is 1.57. The Balaban J connectivity index is 1.83. The maximum Gasteiger partial charge on any atom is 0.00963 e. The Hall–Kier alpha value is -0.0800. The number of piperidine rings is 2. The van der Waals surface area contributed by atoms with Crippen LogP contribution in [0.4, 0.5) is 0 Å². The van der Waals surface area contributed by atoms with Crippen LogP contribution in [0.2, 0.25) is 0 Å². The number of hydrogen-bond donors (Lipinski definition) is 2. The molecule has 2 rings (SSSR count). The molecule has 0 aromatic carbocycles. The molecule has 76 valence electrons. The maximum atomic E-state index is 3.68. The van der Waals surface area contributed by atoms with Crippen molar-refractivity contribution in [2.75, 3.05) is 13.1 Å². The Morgan fingerprint density at radius 1 is 1.00 bits per heavy atom. The second-order valence-corrected chi connectivity index (χ2v) is 4.70. The third-order valence-corrected chi connectivity index (χ3v) is 3.58. The highest BCUT2D eigenvalue weighted by Gasteiger charge is 2.26. The standard InChI is InChI=1S/C11H22N2/c1-9-8-10(5-7-12-9)11-4-2-3-6-13-11/h9-13H,2-8H2,1H3. The molecule has 2 fully saturated rings. The van der Waals surface area contributed by atoms with E-state index in [1.807, 2.05) is 0 Å². The van der Waals surface area contributed by atoms with Crippen LogP contribution in [-0.2, 0) is 0 Å². The van der Waals surface area contributed by atoms with Crippen LogP contribution >= 0.6 is 0 Å². The molecule has 0 aliphatic carbocycles. The predicted octanol–water partition coefficient (Wildman–Crippen LogP) is 1.52. The Morgan fingerprint density at radius 3 is 2.62 bits per heavy atom. The van der Waals surface area contributed by atoms with Crippen molar-refractivity contribution < 1.29 is 0 Å². The first kappa shape index (κ1) is 9.47. The molecule has 2 aliphatic rings. The van der Waals surface area contributed by atoms with Crippen molar-refractivity contribution in [2.24, 2.45) is 5.92 Å². The van der Waals surface area contributed by atoms with E-state index in [1.54, 1.807) is 0 Å². The van der Waals surface area contributed by atoms with E-state index in [-0.39, 0.29) is 0 Å². The minimum Gasteiger partial charge on any atom is -0.314 e. The molecule has 2 nitrogen and oxygen atoms in total. The zero-order valence-corrected chi connectivity index (χ0v) is 8.68. The predicted molar refractivity (Wildman–Crippen MR) is 55.8 cm³/mol. The lowest BCUT2D eigenvalue weighted by atomic mass is 9.83. The van der Waals surface area contributed by atoms with Gasteiger partial charge < -0.3 is 10.6 Å². The van der Waals surface area contributed by atoms with Gasteiger partial charge in [-0.2, -0.15) is 0 Å². The van der Waals surface area contributed by atoms with Crippen LogP contribution in [0.25, 0.3) is 0 Å². The summed E-state index contributed by atoms with van der Waals surface area (Å²) in [6.07, 6.45) is 6.99. The smallest absolute Gasteiger partial charge is 0.00963 e. The molecule has 2 aliphatic heterocycles. The fraction of sp³-hybridized carbons (Fsp3) is 1.00. The largest absolute Gasteiger partial charge is 0.314 e. The van der Waals surface area contributed by atoms with Crippen molar-refractivity contribution in [1.29, 1.82) is 0 Å². The molecular weight excluding hydrogens is 160 g/mol. The van der Waals surface area contributed by atoms with Gasteiger partial charge in [0.05, 0.1) is 0 Å². The Morgan fingerprint density at radius 2 is 1.92 bits per heavy atom. The van der Waals surface area contributed by atoms with Gasteiger partial charge in [-0.05, 0) is 51.6 Å². The van der Waals surface area contributed by atoms with E-state index in [2.05, 4.69) is 17.6 Å². The highest BCUT2D eigenvalue weighted by atomic mass is 15.0. The fourth-order valence-corrected chi connectivity index (χ4v) is 2.82. The van der Waals surface area contributed by atoms with Gasteiger partial charge in [0.1, 0.15) is 0 Å². The molecule has 0 saturated carbocycles. The topological polar surface area (TPSA) is 24.1 Å². The summed E-state index contributed by atoms with van der Waals surface area (Å²) in [5.74, 6) is 0.941. The third-order valence-electron chi connectivity index (χ3n) is 3.58. The van der Waals surface area contributed by atoms with Gasteiger partial charge in [0.2, 0.25) is 0 Å². The van der Waals surface area contributed by atoms with E-state index in [0.717, 1.165) is 18.0 Å². The Bertz CT molecular complexity index is 152. The first-order chi connectivity index (χ1) is 6.36. The molecule has 2 heterocycles. The molecule has 2 saturated heterocycles. The van der Waals surface area contributed by atoms with E-state index < -0.39 is 0 Å². The molecule has 0 aromatic heterocycles. The van der Waals surface area contributed by atoms with Crippen molar-refractivity contribution in [1.82, 2.24) is 10.6 Å². The van der Waals surface area contributed by atoms with Crippen LogP contribution in [0.3, 0.4) is 0 Å². The van der Waals surface area contributed by atoms with Crippen molar-refractivity contribution in [3.63, 3.8) is 0 Å². The summed E-state index contributed by atoms with van der Waals surface area (Å²) >= 11 is 0. The fourth-order valence-electron chi connectivity index (χ4n) is 2.82. The molecule has 0 aromatic rings. The lowest BCUT2D eigenvalue weighted by Gasteiger charge is -2.36. The summed E-state index contributed by atoms with van der Waals surface area (Å²) in [5, 5.41) is 7.20. The van der Waals surface area contributed by atoms with Crippen LogP contribution in [0.1, 0.15) is 39.0 Å². The molecule has 0 amide bonds. The van der Waals surface area contributed by atoms with Crippen LogP contribution in [0.5, 0.6) is 0 Å². The average molecular weight is 182 g/mol. The third kappa shape index (κ3) is 2.44. The SMILES string of the molecule is CC1CC(C2CCCCN2)CCN1. The van der Waals surface area contributed by atoms with Crippen LogP contribution in [-0.4, -0.2) is 25.2 Å². The van der Waals surface area contributed by atoms with E-state index >= 15 is 0 Å². The number of nitrogens with one attached hydrogen (secondary N) is 2. The Kier molecular flexibility index (Phi) is 3.23. The first-order valence-corrected chi connectivity index (χ1v) is 5.83. The summed E-state index contributed by atoms with van der Waals surface area (Å²) in [7, 11) is 0. The number of hydrogen-bond acceptors (Lipinski definition) is 2. The second kappa shape index (κ2) is 4.43. The van der Waals surface area contributed by atoms with Crippen LogP contribution in [0, 0.1) is 5.92 Å². The quantitative estimate of drug-likeness (QED) is 0.642. The van der Waals surface area contributed by atoms with Gasteiger partial charge in [-0.25, -0.2) is 0 Å². The molecule has 0 radical (unpaired) electrons. The summed E-state index contributed by atoms with van der Waals surface area (Å²) in [4.78, 5) is 0. The average Bonchev–Trinajstić information content (AvgIpc) is 2.19.